The molecule has 6 nitrogen and oxygen atoms in total. The van der Waals surface area contributed by atoms with E-state index in [4.69, 9.17) is 9.47 Å². The first-order valence-corrected chi connectivity index (χ1v) is 7.88. The van der Waals surface area contributed by atoms with Gasteiger partial charge in [-0.2, -0.15) is 0 Å². The summed E-state index contributed by atoms with van der Waals surface area (Å²) in [5, 5.41) is 4.72. The zero-order chi connectivity index (χ0) is 18.1. The Balaban J connectivity index is 2.26. The van der Waals surface area contributed by atoms with E-state index in [1.54, 1.807) is 21.1 Å². The third kappa shape index (κ3) is 2.69. The van der Waals surface area contributed by atoms with Crippen molar-refractivity contribution in [1.29, 1.82) is 0 Å². The van der Waals surface area contributed by atoms with Gasteiger partial charge in [0.1, 0.15) is 5.75 Å². The summed E-state index contributed by atoms with van der Waals surface area (Å²) < 4.78 is 10.4. The molecule has 0 spiro atoms. The quantitative estimate of drug-likeness (QED) is 0.872. The van der Waals surface area contributed by atoms with Gasteiger partial charge in [-0.25, -0.2) is 9.59 Å². The highest BCUT2D eigenvalue weighted by molar-refractivity contribution is 5.98. The lowest BCUT2D eigenvalue weighted by Crippen LogP contribution is -2.46. The molecule has 1 aliphatic heterocycles. The summed E-state index contributed by atoms with van der Waals surface area (Å²) in [5.74, 6) is 0.271. The first-order chi connectivity index (χ1) is 12.0. The number of benzene rings is 2. The maximum absolute atomic E-state index is 12.4. The summed E-state index contributed by atoms with van der Waals surface area (Å²) in [6.07, 6.45) is 0. The fourth-order valence-electron chi connectivity index (χ4n) is 3.17. The molecule has 0 bridgehead atoms. The van der Waals surface area contributed by atoms with E-state index >= 15 is 0 Å². The van der Waals surface area contributed by atoms with Gasteiger partial charge in [-0.1, -0.05) is 30.3 Å². The van der Waals surface area contributed by atoms with Crippen LogP contribution in [0.2, 0.25) is 0 Å². The van der Waals surface area contributed by atoms with Crippen LogP contribution in [-0.4, -0.2) is 38.2 Å². The smallest absolute Gasteiger partial charge is 0.337 e. The number of urea groups is 1. The van der Waals surface area contributed by atoms with Crippen molar-refractivity contribution in [2.45, 2.75) is 13.0 Å². The fraction of sp³-hybridized carbons (Fsp3) is 0.263. The highest BCUT2D eigenvalue weighted by Gasteiger charge is 2.35. The average Bonchev–Trinajstić information content (AvgIpc) is 2.64. The van der Waals surface area contributed by atoms with Crippen LogP contribution in [0.1, 0.15) is 18.5 Å². The van der Waals surface area contributed by atoms with E-state index in [0.717, 1.165) is 22.1 Å². The van der Waals surface area contributed by atoms with Crippen molar-refractivity contribution < 1.29 is 19.1 Å². The van der Waals surface area contributed by atoms with Crippen LogP contribution in [0.25, 0.3) is 10.8 Å². The van der Waals surface area contributed by atoms with Gasteiger partial charge >= 0.3 is 12.0 Å². The number of carbonyl (C=O) groups excluding carboxylic acids is 2. The molecule has 1 atom stereocenters. The van der Waals surface area contributed by atoms with E-state index in [-0.39, 0.29) is 6.03 Å². The minimum atomic E-state index is -0.591. The number of rotatable bonds is 3. The van der Waals surface area contributed by atoms with Crippen LogP contribution in [0.3, 0.4) is 0 Å². The van der Waals surface area contributed by atoms with E-state index in [2.05, 4.69) is 5.32 Å². The summed E-state index contributed by atoms with van der Waals surface area (Å²) in [6.45, 7) is 1.74. The van der Waals surface area contributed by atoms with Gasteiger partial charge in [-0.05, 0) is 23.9 Å². The SMILES string of the molecule is COC(=O)C1=C(C)N(C)C(=O)NC1c1ccc(OC)c2ccccc12. The molecule has 0 saturated carbocycles. The molecule has 25 heavy (non-hydrogen) atoms. The number of allylic oxidation sites excluding steroid dienone is 1. The van der Waals surface area contributed by atoms with Crippen LogP contribution in [0.15, 0.2) is 47.7 Å². The molecule has 1 aliphatic rings. The van der Waals surface area contributed by atoms with Crippen LogP contribution in [-0.2, 0) is 9.53 Å². The second-order valence-electron chi connectivity index (χ2n) is 5.83. The Morgan fingerprint density at radius 2 is 1.80 bits per heavy atom. The van der Waals surface area contributed by atoms with Crippen LogP contribution < -0.4 is 10.1 Å². The monoisotopic (exact) mass is 340 g/mol. The number of fused-ring (bicyclic) bond motifs is 1. The number of ether oxygens (including phenoxy) is 2. The summed E-state index contributed by atoms with van der Waals surface area (Å²) in [7, 11) is 4.57. The molecular formula is C19H20N2O4. The minimum absolute atomic E-state index is 0.268. The molecule has 1 heterocycles. The van der Waals surface area contributed by atoms with E-state index in [1.165, 1.54) is 12.0 Å². The van der Waals surface area contributed by atoms with Crippen molar-refractivity contribution >= 4 is 22.8 Å². The summed E-state index contributed by atoms with van der Waals surface area (Å²) >= 11 is 0. The molecule has 0 aromatic heterocycles. The van der Waals surface area contributed by atoms with Crippen LogP contribution >= 0.6 is 0 Å². The van der Waals surface area contributed by atoms with Gasteiger partial charge in [-0.3, -0.25) is 0 Å². The minimum Gasteiger partial charge on any atom is -0.496 e. The highest BCUT2D eigenvalue weighted by atomic mass is 16.5. The standard InChI is InChI=1S/C19H20N2O4/c1-11-16(18(22)25-4)17(20-19(23)21(11)2)14-9-10-15(24-3)13-8-6-5-7-12(13)14/h5-10,17H,1-4H3,(H,20,23). The second kappa shape index (κ2) is 6.47. The number of amides is 2. The predicted octanol–water partition coefficient (Wildman–Crippen LogP) is 2.99. The van der Waals surface area contributed by atoms with E-state index in [9.17, 15) is 9.59 Å². The van der Waals surface area contributed by atoms with Gasteiger partial charge < -0.3 is 19.7 Å². The maximum atomic E-state index is 12.4. The Hall–Kier alpha value is -3.02. The molecule has 1 unspecified atom stereocenters. The van der Waals surface area contributed by atoms with Crippen LogP contribution in [0.4, 0.5) is 4.79 Å². The number of carbonyl (C=O) groups is 2. The Bertz CT molecular complexity index is 888. The topological polar surface area (TPSA) is 67.9 Å². The molecule has 0 aliphatic carbocycles. The van der Waals surface area contributed by atoms with Crippen molar-refractivity contribution in [2.75, 3.05) is 21.3 Å². The Kier molecular flexibility index (Phi) is 4.35. The third-order valence-electron chi connectivity index (χ3n) is 4.61. The molecule has 2 aromatic carbocycles. The zero-order valence-electron chi connectivity index (χ0n) is 14.6. The number of nitrogens with zero attached hydrogens (tertiary/aromatic N) is 1. The largest absolute Gasteiger partial charge is 0.496 e. The summed E-state index contributed by atoms with van der Waals surface area (Å²) in [5.41, 5.74) is 1.80. The molecule has 0 saturated heterocycles. The number of esters is 1. The predicted molar refractivity (Wildman–Crippen MR) is 94.3 cm³/mol. The van der Waals surface area contributed by atoms with Gasteiger partial charge in [0.15, 0.2) is 0 Å². The number of hydrogen-bond donors (Lipinski definition) is 1. The molecule has 6 heteroatoms. The molecule has 0 radical (unpaired) electrons. The van der Waals surface area contributed by atoms with Crippen LogP contribution in [0, 0.1) is 0 Å². The highest BCUT2D eigenvalue weighted by Crippen LogP contribution is 2.37. The molecule has 1 N–H and O–H groups in total. The lowest BCUT2D eigenvalue weighted by molar-refractivity contribution is -0.136. The van der Waals surface area contributed by atoms with Crippen molar-refractivity contribution in [1.82, 2.24) is 10.2 Å². The average molecular weight is 340 g/mol. The lowest BCUT2D eigenvalue weighted by atomic mass is 9.91. The molecule has 2 amide bonds. The lowest BCUT2D eigenvalue weighted by Gasteiger charge is -2.33. The van der Waals surface area contributed by atoms with E-state index in [1.807, 2.05) is 36.4 Å². The Labute approximate surface area is 146 Å². The van der Waals surface area contributed by atoms with Gasteiger partial charge in [0.2, 0.25) is 0 Å². The number of hydrogen-bond acceptors (Lipinski definition) is 4. The van der Waals surface area contributed by atoms with Gasteiger partial charge in [0, 0.05) is 18.1 Å². The van der Waals surface area contributed by atoms with Crippen molar-refractivity contribution in [3.63, 3.8) is 0 Å². The van der Waals surface area contributed by atoms with Gasteiger partial charge in [-0.15, -0.1) is 0 Å². The van der Waals surface area contributed by atoms with Gasteiger partial charge in [0.05, 0.1) is 25.8 Å². The number of methoxy groups -OCH3 is 2. The Morgan fingerprint density at radius 3 is 2.44 bits per heavy atom. The fourth-order valence-corrected chi connectivity index (χ4v) is 3.17. The number of nitrogens with one attached hydrogen (secondary N) is 1. The molecule has 130 valence electrons. The molecule has 0 fully saturated rings. The van der Waals surface area contributed by atoms with Gasteiger partial charge in [0.25, 0.3) is 0 Å². The first-order valence-electron chi connectivity index (χ1n) is 7.88. The molecule has 2 aromatic rings. The normalized spacial score (nSPS) is 17.5. The molecular weight excluding hydrogens is 320 g/mol. The Morgan fingerprint density at radius 1 is 1.12 bits per heavy atom. The van der Waals surface area contributed by atoms with Crippen molar-refractivity contribution in [3.8, 4) is 5.75 Å². The second-order valence-corrected chi connectivity index (χ2v) is 5.83. The maximum Gasteiger partial charge on any atom is 0.337 e. The first kappa shape index (κ1) is 16.8. The van der Waals surface area contributed by atoms with E-state index in [0.29, 0.717) is 11.3 Å². The van der Waals surface area contributed by atoms with Crippen molar-refractivity contribution in [2.24, 2.45) is 0 Å². The van der Waals surface area contributed by atoms with E-state index < -0.39 is 12.0 Å². The van der Waals surface area contributed by atoms with Crippen molar-refractivity contribution in [3.05, 3.63) is 53.2 Å². The summed E-state index contributed by atoms with van der Waals surface area (Å²) in [6, 6.07) is 10.6. The molecule has 3 rings (SSSR count). The summed E-state index contributed by atoms with van der Waals surface area (Å²) in [4.78, 5) is 26.1. The third-order valence-corrected chi connectivity index (χ3v) is 4.61. The zero-order valence-corrected chi connectivity index (χ0v) is 14.6. The van der Waals surface area contributed by atoms with Crippen LogP contribution in [0.5, 0.6) is 5.75 Å².